The largest absolute Gasteiger partial charge is 0.496 e. The lowest BCUT2D eigenvalue weighted by Crippen LogP contribution is -2.23. The smallest absolute Gasteiger partial charge is 0.220 e. The summed E-state index contributed by atoms with van der Waals surface area (Å²) in [6.45, 7) is 2.99. The number of rotatable bonds is 9. The molecule has 0 unspecified atom stereocenters. The average Bonchev–Trinajstić information content (AvgIpc) is 3.24. The summed E-state index contributed by atoms with van der Waals surface area (Å²) in [6.07, 6.45) is 3.45. The topological polar surface area (TPSA) is 86.1 Å². The lowest BCUT2D eigenvalue weighted by Gasteiger charge is -2.09. The Labute approximate surface area is 169 Å². The summed E-state index contributed by atoms with van der Waals surface area (Å²) in [6, 6.07) is 13.4. The molecule has 3 aromatic rings. The molecule has 0 aliphatic rings. The summed E-state index contributed by atoms with van der Waals surface area (Å²) in [4.78, 5) is 28.5. The van der Waals surface area contributed by atoms with Crippen molar-refractivity contribution in [3.8, 4) is 5.75 Å². The van der Waals surface area contributed by atoms with Gasteiger partial charge in [0.15, 0.2) is 5.78 Å². The van der Waals surface area contributed by atoms with Crippen molar-refractivity contribution in [2.45, 2.75) is 32.9 Å². The van der Waals surface area contributed by atoms with Crippen molar-refractivity contribution >= 4 is 11.7 Å². The average molecular weight is 392 g/mol. The van der Waals surface area contributed by atoms with Gasteiger partial charge >= 0.3 is 0 Å². The van der Waals surface area contributed by atoms with Crippen LogP contribution in [0.15, 0.2) is 55.1 Å². The first kappa shape index (κ1) is 20.3. The fourth-order valence-corrected chi connectivity index (χ4v) is 2.95. The highest BCUT2D eigenvalue weighted by Gasteiger charge is 2.14. The number of ketones is 1. The molecule has 7 heteroatoms. The van der Waals surface area contributed by atoms with E-state index in [0.717, 1.165) is 16.7 Å². The maximum atomic E-state index is 12.5. The normalized spacial score (nSPS) is 10.6. The molecule has 0 aliphatic carbocycles. The van der Waals surface area contributed by atoms with E-state index in [4.69, 9.17) is 4.74 Å². The number of hydrogen-bond acceptors (Lipinski definition) is 5. The van der Waals surface area contributed by atoms with Crippen molar-refractivity contribution in [3.05, 3.63) is 77.4 Å². The van der Waals surface area contributed by atoms with Crippen LogP contribution < -0.4 is 10.1 Å². The van der Waals surface area contributed by atoms with Gasteiger partial charge in [-0.1, -0.05) is 35.9 Å². The first-order valence-corrected chi connectivity index (χ1v) is 9.40. The fraction of sp³-hybridized carbons (Fsp3) is 0.273. The first-order valence-electron chi connectivity index (χ1n) is 9.40. The number of nitrogens with one attached hydrogen (secondary N) is 1. The standard InChI is InChI=1S/C22H24N4O3/c1-16-3-9-21(29-2)19(11-16)20(27)8-10-22(28)24-12-17-4-6-18(7-5-17)13-26-15-23-14-25-26/h3-7,9,11,14-15H,8,10,12-13H2,1-2H3,(H,24,28). The first-order chi connectivity index (χ1) is 14.0. The third kappa shape index (κ3) is 5.75. The highest BCUT2D eigenvalue weighted by atomic mass is 16.5. The Morgan fingerprint density at radius 1 is 1.07 bits per heavy atom. The highest BCUT2D eigenvalue weighted by Crippen LogP contribution is 2.21. The highest BCUT2D eigenvalue weighted by molar-refractivity contribution is 6.00. The van der Waals surface area contributed by atoms with Crippen molar-refractivity contribution in [1.29, 1.82) is 0 Å². The van der Waals surface area contributed by atoms with Crippen LogP contribution in [0.5, 0.6) is 5.75 Å². The molecule has 0 saturated carbocycles. The quantitative estimate of drug-likeness (QED) is 0.566. The number of amides is 1. The fourth-order valence-electron chi connectivity index (χ4n) is 2.95. The minimum absolute atomic E-state index is 0.0989. The van der Waals surface area contributed by atoms with E-state index < -0.39 is 0 Å². The van der Waals surface area contributed by atoms with Crippen molar-refractivity contribution in [1.82, 2.24) is 20.1 Å². The molecule has 0 fully saturated rings. The number of aromatic nitrogens is 3. The zero-order valence-electron chi connectivity index (χ0n) is 16.6. The maximum absolute atomic E-state index is 12.5. The van der Waals surface area contributed by atoms with E-state index >= 15 is 0 Å². The van der Waals surface area contributed by atoms with Gasteiger partial charge in [0, 0.05) is 19.4 Å². The monoisotopic (exact) mass is 392 g/mol. The van der Waals surface area contributed by atoms with Crippen LogP contribution >= 0.6 is 0 Å². The molecule has 150 valence electrons. The Morgan fingerprint density at radius 3 is 2.52 bits per heavy atom. The molecule has 1 amide bonds. The van der Waals surface area contributed by atoms with Gasteiger partial charge in [-0.25, -0.2) is 9.67 Å². The zero-order chi connectivity index (χ0) is 20.6. The Kier molecular flexibility index (Phi) is 6.73. The summed E-state index contributed by atoms with van der Waals surface area (Å²) in [5.41, 5.74) is 3.59. The van der Waals surface area contributed by atoms with Gasteiger partial charge in [-0.15, -0.1) is 0 Å². The number of carbonyl (C=O) groups excluding carboxylic acids is 2. The van der Waals surface area contributed by atoms with Gasteiger partial charge in [0.05, 0.1) is 19.2 Å². The van der Waals surface area contributed by atoms with Crippen LogP contribution in [0.25, 0.3) is 0 Å². The second kappa shape index (κ2) is 9.64. The number of aryl methyl sites for hydroxylation is 1. The molecule has 0 radical (unpaired) electrons. The van der Waals surface area contributed by atoms with E-state index in [1.165, 1.54) is 13.4 Å². The summed E-state index contributed by atoms with van der Waals surface area (Å²) in [7, 11) is 1.53. The SMILES string of the molecule is COc1ccc(C)cc1C(=O)CCC(=O)NCc1ccc(Cn2cncn2)cc1. The molecule has 0 aliphatic heterocycles. The third-order valence-corrected chi connectivity index (χ3v) is 4.56. The number of methoxy groups -OCH3 is 1. The number of Topliss-reactive ketones (excluding diaryl/α,β-unsaturated/α-hetero) is 1. The molecular formula is C22H24N4O3. The summed E-state index contributed by atoms with van der Waals surface area (Å²) in [5, 5.41) is 6.94. The lowest BCUT2D eigenvalue weighted by atomic mass is 10.0. The Morgan fingerprint density at radius 2 is 1.83 bits per heavy atom. The zero-order valence-corrected chi connectivity index (χ0v) is 16.6. The van der Waals surface area contributed by atoms with Crippen LogP contribution in [-0.2, 0) is 17.9 Å². The second-order valence-corrected chi connectivity index (χ2v) is 6.81. The molecule has 3 rings (SSSR count). The molecule has 2 aromatic carbocycles. The van der Waals surface area contributed by atoms with Crippen LogP contribution in [-0.4, -0.2) is 33.6 Å². The predicted molar refractivity (Wildman–Crippen MR) is 109 cm³/mol. The minimum Gasteiger partial charge on any atom is -0.496 e. The van der Waals surface area contributed by atoms with Gasteiger partial charge in [0.25, 0.3) is 0 Å². The molecular weight excluding hydrogens is 368 g/mol. The van der Waals surface area contributed by atoms with E-state index in [-0.39, 0.29) is 24.5 Å². The van der Waals surface area contributed by atoms with Crippen LogP contribution in [0, 0.1) is 6.92 Å². The van der Waals surface area contributed by atoms with E-state index in [0.29, 0.717) is 24.4 Å². The Bertz CT molecular complexity index is 966. The molecule has 0 atom stereocenters. The van der Waals surface area contributed by atoms with Gasteiger partial charge < -0.3 is 10.1 Å². The summed E-state index contributed by atoms with van der Waals surface area (Å²) in [5.74, 6) is 0.279. The Hall–Kier alpha value is -3.48. The van der Waals surface area contributed by atoms with Crippen molar-refractivity contribution in [2.75, 3.05) is 7.11 Å². The van der Waals surface area contributed by atoms with Gasteiger partial charge in [0.1, 0.15) is 18.4 Å². The van der Waals surface area contributed by atoms with Gasteiger partial charge in [-0.05, 0) is 30.2 Å². The van der Waals surface area contributed by atoms with Crippen LogP contribution in [0.4, 0.5) is 0 Å². The molecule has 1 N–H and O–H groups in total. The number of hydrogen-bond donors (Lipinski definition) is 1. The van der Waals surface area contributed by atoms with Crippen molar-refractivity contribution in [3.63, 3.8) is 0 Å². The number of carbonyl (C=O) groups is 2. The van der Waals surface area contributed by atoms with Gasteiger partial charge in [-0.3, -0.25) is 9.59 Å². The molecule has 7 nitrogen and oxygen atoms in total. The van der Waals surface area contributed by atoms with Gasteiger partial charge in [-0.2, -0.15) is 5.10 Å². The number of nitrogens with zero attached hydrogens (tertiary/aromatic N) is 3. The molecule has 1 aromatic heterocycles. The summed E-state index contributed by atoms with van der Waals surface area (Å²) >= 11 is 0. The van der Waals surface area contributed by atoms with Crippen LogP contribution in [0.2, 0.25) is 0 Å². The van der Waals surface area contributed by atoms with E-state index in [1.807, 2.05) is 37.3 Å². The summed E-state index contributed by atoms with van der Waals surface area (Å²) < 4.78 is 6.99. The van der Waals surface area contributed by atoms with Crippen molar-refractivity contribution < 1.29 is 14.3 Å². The molecule has 0 spiro atoms. The molecule has 29 heavy (non-hydrogen) atoms. The molecule has 0 saturated heterocycles. The molecule has 1 heterocycles. The van der Waals surface area contributed by atoms with Crippen molar-refractivity contribution in [2.24, 2.45) is 0 Å². The van der Waals surface area contributed by atoms with E-state index in [1.54, 1.807) is 23.1 Å². The van der Waals surface area contributed by atoms with Crippen LogP contribution in [0.1, 0.15) is 39.9 Å². The van der Waals surface area contributed by atoms with E-state index in [2.05, 4.69) is 15.4 Å². The number of ether oxygens (including phenoxy) is 1. The third-order valence-electron chi connectivity index (χ3n) is 4.56. The van der Waals surface area contributed by atoms with Gasteiger partial charge in [0.2, 0.25) is 5.91 Å². The second-order valence-electron chi connectivity index (χ2n) is 6.81. The molecule has 0 bridgehead atoms. The Balaban J connectivity index is 1.46. The predicted octanol–water partition coefficient (Wildman–Crippen LogP) is 2.92. The van der Waals surface area contributed by atoms with E-state index in [9.17, 15) is 9.59 Å². The van der Waals surface area contributed by atoms with Crippen LogP contribution in [0.3, 0.4) is 0 Å². The lowest BCUT2D eigenvalue weighted by molar-refractivity contribution is -0.121. The number of benzene rings is 2. The minimum atomic E-state index is -0.156. The maximum Gasteiger partial charge on any atom is 0.220 e.